The third-order valence-electron chi connectivity index (χ3n) is 2.88. The molecule has 0 spiro atoms. The van der Waals surface area contributed by atoms with E-state index >= 15 is 0 Å². The van der Waals surface area contributed by atoms with Gasteiger partial charge in [-0.3, -0.25) is 0 Å². The Morgan fingerprint density at radius 2 is 1.67 bits per heavy atom. The Balaban J connectivity index is 2.71. The standard InChI is InChI=1S/C9H18O3/c1-5-4-6(9(2,3)12)8(11)7(5)10/h5-8,10-12H,4H2,1-3H3/t5-,6?,7+,8-/m1/s1. The van der Waals surface area contributed by atoms with Crippen molar-refractivity contribution in [3.05, 3.63) is 0 Å². The van der Waals surface area contributed by atoms with Gasteiger partial charge in [0.1, 0.15) is 0 Å². The molecule has 0 aromatic heterocycles. The second kappa shape index (κ2) is 2.98. The minimum atomic E-state index is -0.898. The summed E-state index contributed by atoms with van der Waals surface area (Å²) in [6.45, 7) is 5.23. The Morgan fingerprint density at radius 3 is 1.83 bits per heavy atom. The van der Waals surface area contributed by atoms with Crippen LogP contribution >= 0.6 is 0 Å². The van der Waals surface area contributed by atoms with Crippen LogP contribution in [0.25, 0.3) is 0 Å². The fraction of sp³-hybridized carbons (Fsp3) is 1.00. The summed E-state index contributed by atoms with van der Waals surface area (Å²) in [6.07, 6.45) is -0.771. The molecule has 0 radical (unpaired) electrons. The molecule has 0 amide bonds. The average molecular weight is 174 g/mol. The molecular weight excluding hydrogens is 156 g/mol. The number of rotatable bonds is 1. The Kier molecular flexibility index (Phi) is 2.47. The van der Waals surface area contributed by atoms with Crippen LogP contribution in [0.15, 0.2) is 0 Å². The van der Waals surface area contributed by atoms with Gasteiger partial charge in [0, 0.05) is 5.92 Å². The largest absolute Gasteiger partial charge is 0.390 e. The summed E-state index contributed by atoms with van der Waals surface area (Å²) in [5.74, 6) is -0.126. The van der Waals surface area contributed by atoms with E-state index in [1.807, 2.05) is 6.92 Å². The Morgan fingerprint density at radius 1 is 1.17 bits per heavy atom. The molecule has 4 atom stereocenters. The monoisotopic (exact) mass is 174 g/mol. The van der Waals surface area contributed by atoms with Crippen molar-refractivity contribution in [2.75, 3.05) is 0 Å². The molecular formula is C9H18O3. The summed E-state index contributed by atoms with van der Waals surface area (Å²) >= 11 is 0. The van der Waals surface area contributed by atoms with Crippen LogP contribution in [0.1, 0.15) is 27.2 Å². The van der Waals surface area contributed by atoms with Gasteiger partial charge in [-0.1, -0.05) is 6.92 Å². The molecule has 3 heteroatoms. The molecule has 0 heterocycles. The van der Waals surface area contributed by atoms with Gasteiger partial charge in [0.05, 0.1) is 17.8 Å². The zero-order chi connectivity index (χ0) is 9.52. The fourth-order valence-electron chi connectivity index (χ4n) is 1.96. The van der Waals surface area contributed by atoms with E-state index in [1.54, 1.807) is 13.8 Å². The van der Waals surface area contributed by atoms with E-state index in [-0.39, 0.29) is 11.8 Å². The van der Waals surface area contributed by atoms with Crippen molar-refractivity contribution >= 4 is 0 Å². The molecule has 0 aromatic carbocycles. The van der Waals surface area contributed by atoms with Gasteiger partial charge in [-0.05, 0) is 26.2 Å². The number of aliphatic hydroxyl groups excluding tert-OH is 2. The van der Waals surface area contributed by atoms with Crippen LogP contribution in [0.2, 0.25) is 0 Å². The SMILES string of the molecule is C[C@@H]1CC(C(C)(C)O)[C@@H](O)[C@H]1O. The van der Waals surface area contributed by atoms with Gasteiger partial charge in [-0.15, -0.1) is 0 Å². The zero-order valence-corrected chi connectivity index (χ0v) is 7.86. The van der Waals surface area contributed by atoms with Crippen LogP contribution in [-0.4, -0.2) is 33.1 Å². The van der Waals surface area contributed by atoms with Crippen LogP contribution in [0.4, 0.5) is 0 Å². The van der Waals surface area contributed by atoms with Gasteiger partial charge in [-0.25, -0.2) is 0 Å². The molecule has 3 N–H and O–H groups in total. The highest BCUT2D eigenvalue weighted by molar-refractivity contribution is 4.95. The molecule has 1 fully saturated rings. The average Bonchev–Trinajstić information content (AvgIpc) is 2.15. The molecule has 72 valence electrons. The Labute approximate surface area is 73.0 Å². The molecule has 0 aromatic rings. The first kappa shape index (κ1) is 9.96. The smallest absolute Gasteiger partial charge is 0.0857 e. The lowest BCUT2D eigenvalue weighted by Gasteiger charge is -2.28. The second-order valence-electron chi connectivity index (χ2n) is 4.45. The predicted molar refractivity (Wildman–Crippen MR) is 45.6 cm³/mol. The first-order valence-electron chi connectivity index (χ1n) is 4.42. The molecule has 1 unspecified atom stereocenters. The van der Waals surface area contributed by atoms with Crippen LogP contribution < -0.4 is 0 Å². The van der Waals surface area contributed by atoms with E-state index in [2.05, 4.69) is 0 Å². The first-order chi connectivity index (χ1) is 5.34. The third kappa shape index (κ3) is 1.63. The maximum Gasteiger partial charge on any atom is 0.0857 e. The van der Waals surface area contributed by atoms with Gasteiger partial charge < -0.3 is 15.3 Å². The van der Waals surface area contributed by atoms with Crippen molar-refractivity contribution in [1.29, 1.82) is 0 Å². The van der Waals surface area contributed by atoms with E-state index in [0.717, 1.165) is 0 Å². The highest BCUT2D eigenvalue weighted by Gasteiger charge is 2.45. The van der Waals surface area contributed by atoms with Crippen LogP contribution in [0.5, 0.6) is 0 Å². The lowest BCUT2D eigenvalue weighted by Crippen LogP contribution is -2.39. The van der Waals surface area contributed by atoms with Crippen molar-refractivity contribution in [3.63, 3.8) is 0 Å². The van der Waals surface area contributed by atoms with E-state index in [0.29, 0.717) is 6.42 Å². The molecule has 0 bridgehead atoms. The maximum atomic E-state index is 9.65. The molecule has 1 aliphatic rings. The predicted octanol–water partition coefficient (Wildman–Crippen LogP) is 0.135. The molecule has 0 aliphatic heterocycles. The number of aliphatic hydroxyl groups is 3. The summed E-state index contributed by atoms with van der Waals surface area (Å²) < 4.78 is 0. The van der Waals surface area contributed by atoms with Gasteiger partial charge in [0.15, 0.2) is 0 Å². The lowest BCUT2D eigenvalue weighted by atomic mass is 9.87. The summed E-state index contributed by atoms with van der Waals surface area (Å²) in [5, 5.41) is 28.6. The molecule has 12 heavy (non-hydrogen) atoms. The zero-order valence-electron chi connectivity index (χ0n) is 7.86. The highest BCUT2D eigenvalue weighted by atomic mass is 16.3. The second-order valence-corrected chi connectivity index (χ2v) is 4.45. The van der Waals surface area contributed by atoms with Gasteiger partial charge in [0.25, 0.3) is 0 Å². The highest BCUT2D eigenvalue weighted by Crippen LogP contribution is 2.37. The minimum Gasteiger partial charge on any atom is -0.390 e. The maximum absolute atomic E-state index is 9.65. The van der Waals surface area contributed by atoms with Crippen molar-refractivity contribution < 1.29 is 15.3 Å². The lowest BCUT2D eigenvalue weighted by molar-refractivity contribution is -0.0615. The van der Waals surface area contributed by atoms with Crippen LogP contribution in [-0.2, 0) is 0 Å². The van der Waals surface area contributed by atoms with Crippen molar-refractivity contribution in [3.8, 4) is 0 Å². The molecule has 1 rings (SSSR count). The number of hydrogen-bond acceptors (Lipinski definition) is 3. The van der Waals surface area contributed by atoms with Crippen LogP contribution in [0.3, 0.4) is 0 Å². The molecule has 3 nitrogen and oxygen atoms in total. The summed E-state index contributed by atoms with van der Waals surface area (Å²) in [4.78, 5) is 0. The van der Waals surface area contributed by atoms with Crippen LogP contribution in [0, 0.1) is 11.8 Å². The van der Waals surface area contributed by atoms with Crippen molar-refractivity contribution in [2.24, 2.45) is 11.8 Å². The fourth-order valence-corrected chi connectivity index (χ4v) is 1.96. The summed E-state index contributed by atoms with van der Waals surface area (Å²) in [7, 11) is 0. The Hall–Kier alpha value is -0.120. The van der Waals surface area contributed by atoms with E-state index in [1.165, 1.54) is 0 Å². The third-order valence-corrected chi connectivity index (χ3v) is 2.88. The van der Waals surface area contributed by atoms with Crippen molar-refractivity contribution in [2.45, 2.75) is 45.0 Å². The van der Waals surface area contributed by atoms with Crippen molar-refractivity contribution in [1.82, 2.24) is 0 Å². The van der Waals surface area contributed by atoms with E-state index in [9.17, 15) is 15.3 Å². The molecule has 1 saturated carbocycles. The van der Waals surface area contributed by atoms with E-state index < -0.39 is 17.8 Å². The quantitative estimate of drug-likeness (QED) is 0.529. The van der Waals surface area contributed by atoms with Gasteiger partial charge >= 0.3 is 0 Å². The minimum absolute atomic E-state index is 0.0800. The summed E-state index contributed by atoms with van der Waals surface area (Å²) in [5.41, 5.74) is -0.898. The summed E-state index contributed by atoms with van der Waals surface area (Å²) in [6, 6.07) is 0. The number of hydrogen-bond donors (Lipinski definition) is 3. The van der Waals surface area contributed by atoms with Gasteiger partial charge in [0.2, 0.25) is 0 Å². The molecule has 1 aliphatic carbocycles. The molecule has 0 saturated heterocycles. The topological polar surface area (TPSA) is 60.7 Å². The van der Waals surface area contributed by atoms with Gasteiger partial charge in [-0.2, -0.15) is 0 Å². The van der Waals surface area contributed by atoms with E-state index in [4.69, 9.17) is 0 Å². The first-order valence-corrected chi connectivity index (χ1v) is 4.42. The normalized spacial score (nSPS) is 43.5. The Bertz CT molecular complexity index is 162.